The highest BCUT2D eigenvalue weighted by molar-refractivity contribution is 6.00. The van der Waals surface area contributed by atoms with Crippen LogP contribution in [-0.4, -0.2) is 44.2 Å². The molecule has 1 aromatic heterocycles. The van der Waals surface area contributed by atoms with Crippen molar-refractivity contribution in [2.24, 2.45) is 0 Å². The Bertz CT molecular complexity index is 1270. The lowest BCUT2D eigenvalue weighted by atomic mass is 10.0. The third kappa shape index (κ3) is 5.35. The first-order chi connectivity index (χ1) is 16.0. The molecule has 0 spiro atoms. The molecule has 0 atom stereocenters. The minimum Gasteiger partial charge on any atom is -0.497 e. The number of aromatic amines is 1. The zero-order valence-corrected chi connectivity index (χ0v) is 19.2. The maximum Gasteiger partial charge on any atom is 0.249 e. The highest BCUT2D eigenvalue weighted by Gasteiger charge is 2.15. The van der Waals surface area contributed by atoms with E-state index in [1.165, 1.54) is 0 Å². The van der Waals surface area contributed by atoms with Crippen molar-refractivity contribution in [2.75, 3.05) is 39.7 Å². The zero-order chi connectivity index (χ0) is 23.2. The van der Waals surface area contributed by atoms with Gasteiger partial charge in [0.2, 0.25) is 5.56 Å². The number of pyridine rings is 1. The standard InChI is InChI=1S/C27H29N3O3/c1-30(2)15-16-33-27-24(28-18-19-9-11-21(32-3)12-10-19)14-13-22-23(17-25(31)29-26(22)27)20-7-5-4-6-8-20/h4-14,17,28H,15-16,18H2,1-3H3,(H,29,31). The van der Waals surface area contributed by atoms with Crippen molar-refractivity contribution in [2.45, 2.75) is 6.54 Å². The molecule has 0 aliphatic rings. The van der Waals surface area contributed by atoms with Gasteiger partial charge < -0.3 is 24.7 Å². The number of anilines is 1. The van der Waals surface area contributed by atoms with Crippen LogP contribution in [0.3, 0.4) is 0 Å². The highest BCUT2D eigenvalue weighted by atomic mass is 16.5. The van der Waals surface area contributed by atoms with Crippen molar-refractivity contribution < 1.29 is 9.47 Å². The molecule has 6 heteroatoms. The van der Waals surface area contributed by atoms with Gasteiger partial charge in [0.15, 0.2) is 5.75 Å². The van der Waals surface area contributed by atoms with E-state index < -0.39 is 0 Å². The second-order valence-corrected chi connectivity index (χ2v) is 8.13. The Morgan fingerprint density at radius 3 is 2.42 bits per heavy atom. The lowest BCUT2D eigenvalue weighted by Crippen LogP contribution is -2.20. The summed E-state index contributed by atoms with van der Waals surface area (Å²) in [5, 5.41) is 4.41. The Labute approximate surface area is 193 Å². The number of aromatic nitrogens is 1. The third-order valence-electron chi connectivity index (χ3n) is 5.48. The van der Waals surface area contributed by atoms with Crippen molar-refractivity contribution in [1.29, 1.82) is 0 Å². The first-order valence-electron chi connectivity index (χ1n) is 10.9. The predicted octanol–water partition coefficient (Wildman–Crippen LogP) is 4.76. The predicted molar refractivity (Wildman–Crippen MR) is 134 cm³/mol. The van der Waals surface area contributed by atoms with E-state index in [0.717, 1.165) is 40.1 Å². The zero-order valence-electron chi connectivity index (χ0n) is 19.2. The molecule has 170 valence electrons. The summed E-state index contributed by atoms with van der Waals surface area (Å²) in [6.45, 7) is 1.87. The van der Waals surface area contributed by atoms with Gasteiger partial charge in [-0.2, -0.15) is 0 Å². The number of methoxy groups -OCH3 is 1. The van der Waals surface area contributed by atoms with Gasteiger partial charge in [-0.1, -0.05) is 42.5 Å². The van der Waals surface area contributed by atoms with Gasteiger partial charge >= 0.3 is 0 Å². The van der Waals surface area contributed by atoms with Crippen molar-refractivity contribution in [3.63, 3.8) is 0 Å². The number of benzene rings is 3. The Kier molecular flexibility index (Phi) is 6.95. The fraction of sp³-hybridized carbons (Fsp3) is 0.222. The Balaban J connectivity index is 1.74. The monoisotopic (exact) mass is 443 g/mol. The summed E-state index contributed by atoms with van der Waals surface area (Å²) in [5.74, 6) is 1.47. The van der Waals surface area contributed by atoms with Crippen LogP contribution < -0.4 is 20.3 Å². The van der Waals surface area contributed by atoms with Crippen LogP contribution in [0, 0.1) is 0 Å². The number of nitrogens with zero attached hydrogens (tertiary/aromatic N) is 1. The van der Waals surface area contributed by atoms with Crippen molar-refractivity contribution in [1.82, 2.24) is 9.88 Å². The summed E-state index contributed by atoms with van der Waals surface area (Å²) in [6, 6.07) is 23.6. The van der Waals surface area contributed by atoms with Gasteiger partial charge in [0, 0.05) is 24.5 Å². The second-order valence-electron chi connectivity index (χ2n) is 8.13. The first kappa shape index (κ1) is 22.4. The van der Waals surface area contributed by atoms with E-state index in [4.69, 9.17) is 9.47 Å². The van der Waals surface area contributed by atoms with Crippen LogP contribution in [0.4, 0.5) is 5.69 Å². The number of hydrogen-bond donors (Lipinski definition) is 2. The molecular weight excluding hydrogens is 414 g/mol. The fourth-order valence-corrected chi connectivity index (χ4v) is 3.72. The first-order valence-corrected chi connectivity index (χ1v) is 10.9. The van der Waals surface area contributed by atoms with Crippen molar-refractivity contribution >= 4 is 16.6 Å². The summed E-state index contributed by atoms with van der Waals surface area (Å²) < 4.78 is 11.5. The minimum absolute atomic E-state index is 0.161. The fourth-order valence-electron chi connectivity index (χ4n) is 3.72. The van der Waals surface area contributed by atoms with E-state index in [1.54, 1.807) is 13.2 Å². The molecule has 0 aliphatic heterocycles. The van der Waals surface area contributed by atoms with E-state index in [1.807, 2.05) is 80.8 Å². The number of ether oxygens (including phenoxy) is 2. The molecule has 33 heavy (non-hydrogen) atoms. The lowest BCUT2D eigenvalue weighted by molar-refractivity contribution is 0.264. The molecule has 3 aromatic carbocycles. The van der Waals surface area contributed by atoms with Crippen LogP contribution in [0.1, 0.15) is 5.56 Å². The molecule has 0 saturated carbocycles. The number of likely N-dealkylation sites (N-methyl/N-ethyl adjacent to an activating group) is 1. The topological polar surface area (TPSA) is 66.6 Å². The summed E-state index contributed by atoms with van der Waals surface area (Å²) in [4.78, 5) is 17.7. The third-order valence-corrected chi connectivity index (χ3v) is 5.48. The molecule has 4 rings (SSSR count). The number of nitrogens with one attached hydrogen (secondary N) is 2. The van der Waals surface area contributed by atoms with Gasteiger partial charge in [0.05, 0.1) is 18.3 Å². The second kappa shape index (κ2) is 10.2. The number of H-pyrrole nitrogens is 1. The van der Waals surface area contributed by atoms with Gasteiger partial charge in [0.1, 0.15) is 12.4 Å². The van der Waals surface area contributed by atoms with Crippen LogP contribution in [0.2, 0.25) is 0 Å². The summed E-state index contributed by atoms with van der Waals surface area (Å²) in [6.07, 6.45) is 0. The average molecular weight is 444 g/mol. The van der Waals surface area contributed by atoms with Gasteiger partial charge in [0.25, 0.3) is 0 Å². The average Bonchev–Trinajstić information content (AvgIpc) is 2.83. The van der Waals surface area contributed by atoms with E-state index in [0.29, 0.717) is 24.4 Å². The molecule has 0 unspecified atom stereocenters. The minimum atomic E-state index is -0.161. The molecule has 0 aliphatic carbocycles. The van der Waals surface area contributed by atoms with E-state index in [9.17, 15) is 4.79 Å². The molecule has 2 N–H and O–H groups in total. The molecule has 4 aromatic rings. The highest BCUT2D eigenvalue weighted by Crippen LogP contribution is 2.36. The van der Waals surface area contributed by atoms with Crippen molar-refractivity contribution in [3.05, 3.63) is 88.7 Å². The van der Waals surface area contributed by atoms with Gasteiger partial charge in [-0.05, 0) is 55.1 Å². The Hall–Kier alpha value is -3.77. The number of fused-ring (bicyclic) bond motifs is 1. The maximum absolute atomic E-state index is 12.6. The Morgan fingerprint density at radius 2 is 1.73 bits per heavy atom. The molecule has 1 heterocycles. The SMILES string of the molecule is COc1ccc(CNc2ccc3c(-c4ccccc4)cc(=O)[nH]c3c2OCCN(C)C)cc1. The van der Waals surface area contributed by atoms with E-state index in [2.05, 4.69) is 15.2 Å². The quantitative estimate of drug-likeness (QED) is 0.391. The molecular formula is C27H29N3O3. The van der Waals surface area contributed by atoms with Crippen LogP contribution in [-0.2, 0) is 6.54 Å². The van der Waals surface area contributed by atoms with Gasteiger partial charge in [-0.25, -0.2) is 0 Å². The van der Waals surface area contributed by atoms with E-state index >= 15 is 0 Å². The van der Waals surface area contributed by atoms with E-state index in [-0.39, 0.29) is 5.56 Å². The van der Waals surface area contributed by atoms with Crippen LogP contribution >= 0.6 is 0 Å². The molecule has 0 bridgehead atoms. The molecule has 0 radical (unpaired) electrons. The van der Waals surface area contributed by atoms with Crippen LogP contribution in [0.25, 0.3) is 22.0 Å². The summed E-state index contributed by atoms with van der Waals surface area (Å²) in [7, 11) is 5.67. The lowest BCUT2D eigenvalue weighted by Gasteiger charge is -2.18. The molecule has 0 saturated heterocycles. The van der Waals surface area contributed by atoms with Crippen molar-refractivity contribution in [3.8, 4) is 22.6 Å². The molecule has 6 nitrogen and oxygen atoms in total. The number of rotatable bonds is 9. The molecule has 0 amide bonds. The maximum atomic E-state index is 12.6. The number of hydrogen-bond acceptors (Lipinski definition) is 5. The Morgan fingerprint density at radius 1 is 0.970 bits per heavy atom. The van der Waals surface area contributed by atoms with Crippen LogP contribution in [0.15, 0.2) is 77.6 Å². The van der Waals surface area contributed by atoms with Crippen LogP contribution in [0.5, 0.6) is 11.5 Å². The summed E-state index contributed by atoms with van der Waals surface area (Å²) >= 11 is 0. The largest absolute Gasteiger partial charge is 0.497 e. The van der Waals surface area contributed by atoms with Gasteiger partial charge in [-0.15, -0.1) is 0 Å². The van der Waals surface area contributed by atoms with Gasteiger partial charge in [-0.3, -0.25) is 4.79 Å². The summed E-state index contributed by atoms with van der Waals surface area (Å²) in [5.41, 5.74) is 4.35. The molecule has 0 fully saturated rings. The normalized spacial score (nSPS) is 11.0. The smallest absolute Gasteiger partial charge is 0.249 e.